The van der Waals surface area contributed by atoms with Crippen LogP contribution >= 0.6 is 0 Å². The second kappa shape index (κ2) is 5.97. The van der Waals surface area contributed by atoms with Crippen LogP contribution in [0.1, 0.15) is 5.69 Å². The number of benzene rings is 1. The monoisotopic (exact) mass is 368 g/mol. The van der Waals surface area contributed by atoms with Crippen LogP contribution in [0, 0.1) is 12.7 Å². The van der Waals surface area contributed by atoms with Gasteiger partial charge in [0.05, 0.1) is 5.69 Å². The first-order chi connectivity index (χ1) is 12.1. The molecule has 3 rings (SSSR count). The van der Waals surface area contributed by atoms with Gasteiger partial charge in [-0.3, -0.25) is 10.1 Å². The molecule has 1 aromatic carbocycles. The molecule has 0 spiro atoms. The lowest BCUT2D eigenvalue weighted by molar-refractivity contribution is -0.185. The molecule has 0 aliphatic carbocycles. The molecule has 26 heavy (non-hydrogen) atoms. The van der Waals surface area contributed by atoms with E-state index in [2.05, 4.69) is 4.98 Å². The molecule has 2 aromatic rings. The number of halogens is 4. The summed E-state index contributed by atoms with van der Waals surface area (Å²) in [6.45, 7) is 1.56. The summed E-state index contributed by atoms with van der Waals surface area (Å²) >= 11 is 0. The molecule has 3 amide bonds. The van der Waals surface area contributed by atoms with Crippen molar-refractivity contribution in [3.8, 4) is 0 Å². The molecular formula is C16H12F4N4O2. The summed E-state index contributed by atoms with van der Waals surface area (Å²) in [6.07, 6.45) is -5.17. The third-order valence-electron chi connectivity index (χ3n) is 3.74. The predicted octanol–water partition coefficient (Wildman–Crippen LogP) is 2.96. The van der Waals surface area contributed by atoms with Crippen LogP contribution in [0.2, 0.25) is 0 Å². The average molecular weight is 368 g/mol. The van der Waals surface area contributed by atoms with Crippen LogP contribution < -0.4 is 15.5 Å². The number of carbonyl (C=O) groups is 2. The summed E-state index contributed by atoms with van der Waals surface area (Å²) in [6, 6.07) is 6.88. The summed E-state index contributed by atoms with van der Waals surface area (Å²) in [5.41, 5.74) is -3.17. The van der Waals surface area contributed by atoms with Crippen molar-refractivity contribution in [2.75, 3.05) is 10.2 Å². The number of amides is 3. The first-order valence-corrected chi connectivity index (χ1v) is 7.35. The van der Waals surface area contributed by atoms with Gasteiger partial charge in [-0.2, -0.15) is 13.2 Å². The Morgan fingerprint density at radius 2 is 1.77 bits per heavy atom. The molecule has 1 atom stereocenters. The molecule has 1 unspecified atom stereocenters. The van der Waals surface area contributed by atoms with E-state index in [0.29, 0.717) is 10.6 Å². The van der Waals surface area contributed by atoms with E-state index in [-0.39, 0.29) is 11.5 Å². The zero-order chi connectivity index (χ0) is 19.1. The van der Waals surface area contributed by atoms with Gasteiger partial charge in [-0.05, 0) is 43.3 Å². The summed E-state index contributed by atoms with van der Waals surface area (Å²) in [5.74, 6) is -2.49. The van der Waals surface area contributed by atoms with Crippen LogP contribution in [0.4, 0.5) is 33.9 Å². The zero-order valence-corrected chi connectivity index (χ0v) is 13.3. The lowest BCUT2D eigenvalue weighted by atomic mass is 10.1. The van der Waals surface area contributed by atoms with Gasteiger partial charge in [0.15, 0.2) is 0 Å². The summed E-state index contributed by atoms with van der Waals surface area (Å²) in [5, 5.41) is 3.65. The predicted molar refractivity (Wildman–Crippen MR) is 83.8 cm³/mol. The van der Waals surface area contributed by atoms with E-state index in [1.807, 2.05) is 5.32 Å². The Balaban J connectivity index is 2.04. The normalized spacial score (nSPS) is 20.3. The Bertz CT molecular complexity index is 869. The Hall–Kier alpha value is -3.17. The van der Waals surface area contributed by atoms with Crippen molar-refractivity contribution in [2.45, 2.75) is 18.8 Å². The van der Waals surface area contributed by atoms with Gasteiger partial charge in [0, 0.05) is 5.69 Å². The van der Waals surface area contributed by atoms with Crippen molar-refractivity contribution in [1.82, 2.24) is 10.3 Å². The second-order valence-electron chi connectivity index (χ2n) is 5.58. The fourth-order valence-corrected chi connectivity index (χ4v) is 2.51. The summed E-state index contributed by atoms with van der Waals surface area (Å²) < 4.78 is 54.3. The summed E-state index contributed by atoms with van der Waals surface area (Å²) in [7, 11) is 0. The van der Waals surface area contributed by atoms with Crippen molar-refractivity contribution in [3.05, 3.63) is 54.0 Å². The number of carbonyl (C=O) groups excluding carboxylic acids is 2. The Morgan fingerprint density at radius 1 is 1.12 bits per heavy atom. The number of alkyl halides is 3. The molecule has 1 aromatic heterocycles. The van der Waals surface area contributed by atoms with Crippen molar-refractivity contribution in [3.63, 3.8) is 0 Å². The van der Waals surface area contributed by atoms with E-state index < -0.39 is 29.6 Å². The number of rotatable bonds is 3. The van der Waals surface area contributed by atoms with Gasteiger partial charge in [0.25, 0.3) is 11.6 Å². The van der Waals surface area contributed by atoms with Crippen molar-refractivity contribution >= 4 is 23.4 Å². The van der Waals surface area contributed by atoms with Gasteiger partial charge in [0.2, 0.25) is 0 Å². The zero-order valence-electron chi connectivity index (χ0n) is 13.3. The Morgan fingerprint density at radius 3 is 2.35 bits per heavy atom. The maximum absolute atomic E-state index is 13.8. The standard InChI is InChI=1S/C16H12F4N4O2/c1-9-3-2-4-12(21-9)22-15(16(18,19)20)13(25)24(14(26)23-15)11-7-5-10(17)6-8-11/h2-8H,1H3,(H,21,22)(H,23,26). The van der Waals surface area contributed by atoms with E-state index in [9.17, 15) is 27.2 Å². The van der Waals surface area contributed by atoms with Crippen LogP contribution in [0.15, 0.2) is 42.5 Å². The minimum atomic E-state index is -5.17. The number of anilines is 2. The van der Waals surface area contributed by atoms with Crippen LogP contribution in [0.5, 0.6) is 0 Å². The minimum absolute atomic E-state index is 0.195. The highest BCUT2D eigenvalue weighted by Crippen LogP contribution is 2.37. The Labute approximate surface area is 144 Å². The minimum Gasteiger partial charge on any atom is -0.332 e. The van der Waals surface area contributed by atoms with Gasteiger partial charge in [0.1, 0.15) is 11.6 Å². The van der Waals surface area contributed by atoms with Crippen molar-refractivity contribution in [1.29, 1.82) is 0 Å². The number of imide groups is 1. The second-order valence-corrected chi connectivity index (χ2v) is 5.58. The molecule has 0 bridgehead atoms. The van der Waals surface area contributed by atoms with Gasteiger partial charge >= 0.3 is 12.2 Å². The van der Waals surface area contributed by atoms with E-state index in [1.54, 1.807) is 18.3 Å². The van der Waals surface area contributed by atoms with Crippen LogP contribution in [0.3, 0.4) is 0 Å². The SMILES string of the molecule is Cc1cccc(NC2(C(F)(F)F)NC(=O)N(c3ccc(F)cc3)C2=O)n1. The lowest BCUT2D eigenvalue weighted by Gasteiger charge is -2.30. The maximum atomic E-state index is 13.8. The first-order valence-electron chi connectivity index (χ1n) is 7.35. The fourth-order valence-electron chi connectivity index (χ4n) is 2.51. The highest BCUT2D eigenvalue weighted by atomic mass is 19.4. The molecule has 1 saturated heterocycles. The number of nitrogens with one attached hydrogen (secondary N) is 2. The summed E-state index contributed by atoms with van der Waals surface area (Å²) in [4.78, 5) is 28.9. The number of nitrogens with zero attached hydrogens (tertiary/aromatic N) is 2. The fraction of sp³-hybridized carbons (Fsp3) is 0.188. The Kier molecular flexibility index (Phi) is 4.05. The van der Waals surface area contributed by atoms with E-state index in [0.717, 1.165) is 24.3 Å². The lowest BCUT2D eigenvalue weighted by Crippen LogP contribution is -2.64. The third-order valence-corrected chi connectivity index (χ3v) is 3.74. The maximum Gasteiger partial charge on any atom is 0.440 e. The number of pyridine rings is 1. The molecule has 2 N–H and O–H groups in total. The number of aromatic nitrogens is 1. The van der Waals surface area contributed by atoms with E-state index >= 15 is 0 Å². The molecule has 136 valence electrons. The molecule has 6 nitrogen and oxygen atoms in total. The number of hydrogen-bond donors (Lipinski definition) is 2. The molecular weight excluding hydrogens is 356 g/mol. The molecule has 1 fully saturated rings. The average Bonchev–Trinajstić information content (AvgIpc) is 2.80. The van der Waals surface area contributed by atoms with Gasteiger partial charge < -0.3 is 5.32 Å². The molecule has 2 heterocycles. The van der Waals surface area contributed by atoms with Crippen molar-refractivity contribution in [2.24, 2.45) is 0 Å². The molecule has 0 saturated carbocycles. The highest BCUT2D eigenvalue weighted by molar-refractivity contribution is 6.24. The van der Waals surface area contributed by atoms with E-state index in [4.69, 9.17) is 0 Å². The topological polar surface area (TPSA) is 74.3 Å². The molecule has 1 aliphatic heterocycles. The van der Waals surface area contributed by atoms with Gasteiger partial charge in [-0.15, -0.1) is 0 Å². The molecule has 10 heteroatoms. The smallest absolute Gasteiger partial charge is 0.332 e. The highest BCUT2D eigenvalue weighted by Gasteiger charge is 2.68. The largest absolute Gasteiger partial charge is 0.440 e. The number of aryl methyl sites for hydroxylation is 1. The molecule has 0 radical (unpaired) electrons. The van der Waals surface area contributed by atoms with Crippen molar-refractivity contribution < 1.29 is 27.2 Å². The quantitative estimate of drug-likeness (QED) is 0.645. The van der Waals surface area contributed by atoms with Crippen LogP contribution in [-0.4, -0.2) is 28.8 Å². The van der Waals surface area contributed by atoms with Gasteiger partial charge in [-0.25, -0.2) is 19.1 Å². The number of urea groups is 1. The first kappa shape index (κ1) is 17.6. The van der Waals surface area contributed by atoms with E-state index in [1.165, 1.54) is 12.1 Å². The van der Waals surface area contributed by atoms with Gasteiger partial charge in [-0.1, -0.05) is 6.07 Å². The molecule has 1 aliphatic rings. The van der Waals surface area contributed by atoms with Crippen LogP contribution in [0.25, 0.3) is 0 Å². The van der Waals surface area contributed by atoms with Crippen LogP contribution in [-0.2, 0) is 4.79 Å². The third kappa shape index (κ3) is 2.83. The number of hydrogen-bond acceptors (Lipinski definition) is 4.